The number of hydrogen-bond acceptors (Lipinski definition) is 2. The summed E-state index contributed by atoms with van der Waals surface area (Å²) in [5.41, 5.74) is 5.95. The molecule has 1 amide bonds. The number of benzene rings is 4. The van der Waals surface area contributed by atoms with E-state index in [0.717, 1.165) is 33.5 Å². The topological polar surface area (TPSA) is 53.2 Å². The van der Waals surface area contributed by atoms with Gasteiger partial charge in [0.15, 0.2) is 5.11 Å². The summed E-state index contributed by atoms with van der Waals surface area (Å²) in [7, 11) is 0. The largest absolute Gasteiger partial charge is 0.339 e. The van der Waals surface area contributed by atoms with E-state index in [1.54, 1.807) is 0 Å². The van der Waals surface area contributed by atoms with Crippen LogP contribution in [0.5, 0.6) is 0 Å². The third-order valence-corrected chi connectivity index (χ3v) is 6.46. The summed E-state index contributed by atoms with van der Waals surface area (Å²) in [4.78, 5) is 12.7. The molecule has 37 heavy (non-hydrogen) atoms. The zero-order chi connectivity index (χ0) is 26.3. The molecule has 8 heteroatoms. The van der Waals surface area contributed by atoms with Crippen LogP contribution in [-0.4, -0.2) is 21.0 Å². The van der Waals surface area contributed by atoms with Gasteiger partial charge in [-0.15, -0.1) is 0 Å². The number of anilines is 1. The second-order valence-corrected chi connectivity index (χ2v) is 11.1. The van der Waals surface area contributed by atoms with E-state index < -0.39 is 9.96 Å². The van der Waals surface area contributed by atoms with Gasteiger partial charge in [-0.2, -0.15) is 0 Å². The Morgan fingerprint density at radius 3 is 1.62 bits per heavy atom. The molecular formula is C29H24Cl3N3OS. The van der Waals surface area contributed by atoms with E-state index in [9.17, 15) is 4.79 Å². The van der Waals surface area contributed by atoms with Gasteiger partial charge in [0.2, 0.25) is 9.70 Å². The number of amides is 1. The first-order chi connectivity index (χ1) is 17.8. The summed E-state index contributed by atoms with van der Waals surface area (Å²) in [6.45, 7) is 0. The molecule has 3 N–H and O–H groups in total. The minimum absolute atomic E-state index is 0.120. The quantitative estimate of drug-likeness (QED) is 0.124. The zero-order valence-electron chi connectivity index (χ0n) is 19.6. The number of thiocarbonyl (C=S) groups is 1. The lowest BCUT2D eigenvalue weighted by Gasteiger charge is -2.28. The summed E-state index contributed by atoms with van der Waals surface area (Å²) < 4.78 is -1.84. The van der Waals surface area contributed by atoms with Crippen LogP contribution in [-0.2, 0) is 11.2 Å². The number of alkyl halides is 3. The Hall–Kier alpha value is -3.09. The van der Waals surface area contributed by atoms with Gasteiger partial charge < -0.3 is 16.0 Å². The Balaban J connectivity index is 1.34. The van der Waals surface area contributed by atoms with Gasteiger partial charge in [0.1, 0.15) is 6.17 Å². The van der Waals surface area contributed by atoms with Crippen molar-refractivity contribution in [2.45, 2.75) is 16.4 Å². The number of nitrogens with one attached hydrogen (secondary N) is 3. The Labute approximate surface area is 237 Å². The van der Waals surface area contributed by atoms with E-state index >= 15 is 0 Å². The molecule has 0 aromatic heterocycles. The van der Waals surface area contributed by atoms with Crippen LogP contribution in [0, 0.1) is 0 Å². The highest BCUT2D eigenvalue weighted by Gasteiger charge is 2.34. The van der Waals surface area contributed by atoms with E-state index in [-0.39, 0.29) is 17.4 Å². The molecule has 0 spiro atoms. The Bertz CT molecular complexity index is 1230. The summed E-state index contributed by atoms with van der Waals surface area (Å²) in [6.07, 6.45) is -0.924. The number of carbonyl (C=O) groups is 1. The first-order valence-electron chi connectivity index (χ1n) is 11.5. The van der Waals surface area contributed by atoms with E-state index in [0.29, 0.717) is 0 Å². The first-order valence-corrected chi connectivity index (χ1v) is 13.1. The molecule has 4 aromatic carbocycles. The van der Waals surface area contributed by atoms with Crippen LogP contribution in [0.2, 0.25) is 0 Å². The summed E-state index contributed by atoms with van der Waals surface area (Å²) in [5.74, 6) is -0.314. The molecule has 0 radical (unpaired) electrons. The maximum atomic E-state index is 12.7. The van der Waals surface area contributed by atoms with Crippen LogP contribution in [0.4, 0.5) is 5.69 Å². The average molecular weight is 569 g/mol. The lowest BCUT2D eigenvalue weighted by Crippen LogP contribution is -2.56. The Morgan fingerprint density at radius 2 is 1.14 bits per heavy atom. The number of rotatable bonds is 7. The molecule has 0 saturated carbocycles. The second-order valence-electron chi connectivity index (χ2n) is 8.32. The highest BCUT2D eigenvalue weighted by molar-refractivity contribution is 7.80. The van der Waals surface area contributed by atoms with Gasteiger partial charge in [0, 0.05) is 5.69 Å². The van der Waals surface area contributed by atoms with E-state index in [2.05, 4.69) is 16.0 Å². The molecule has 188 valence electrons. The number of hydrogen-bond donors (Lipinski definition) is 3. The molecule has 0 aliphatic heterocycles. The van der Waals surface area contributed by atoms with Crippen molar-refractivity contribution in [2.24, 2.45) is 0 Å². The van der Waals surface area contributed by atoms with Crippen LogP contribution in [0.3, 0.4) is 0 Å². The van der Waals surface area contributed by atoms with Crippen molar-refractivity contribution >= 4 is 63.7 Å². The van der Waals surface area contributed by atoms with Gasteiger partial charge in [-0.3, -0.25) is 4.79 Å². The summed E-state index contributed by atoms with van der Waals surface area (Å²) in [6, 6.07) is 35.6. The van der Waals surface area contributed by atoms with Gasteiger partial charge in [-0.05, 0) is 52.2 Å². The maximum Gasteiger partial charge on any atom is 0.228 e. The normalized spacial score (nSPS) is 11.9. The predicted octanol–water partition coefficient (Wildman–Crippen LogP) is 7.36. The molecule has 0 fully saturated rings. The van der Waals surface area contributed by atoms with Crippen molar-refractivity contribution < 1.29 is 4.79 Å². The van der Waals surface area contributed by atoms with E-state index in [1.165, 1.54) is 0 Å². The van der Waals surface area contributed by atoms with Gasteiger partial charge in [-0.25, -0.2) is 0 Å². The first kappa shape index (κ1) is 27.0. The molecular weight excluding hydrogens is 545 g/mol. The third kappa shape index (κ3) is 7.94. The SMILES string of the molecule is O=C(Cc1ccc(-c2ccccc2)cc1)NC(NC(=S)Nc1ccc(-c2ccccc2)cc1)C(Cl)(Cl)Cl. The molecule has 0 aliphatic carbocycles. The number of halogens is 3. The standard InChI is InChI=1S/C29H24Cl3N3OS/c30-29(31,32)27(34-26(36)19-20-11-13-23(14-12-20)21-7-3-1-4-8-21)35-28(37)33-25-17-15-24(16-18-25)22-9-5-2-6-10-22/h1-18,27H,19H2,(H,34,36)(H2,33,35,37). The molecule has 4 rings (SSSR count). The van der Waals surface area contributed by atoms with Gasteiger partial charge in [0.25, 0.3) is 0 Å². The average Bonchev–Trinajstić information content (AvgIpc) is 2.90. The van der Waals surface area contributed by atoms with Crippen LogP contribution >= 0.6 is 47.0 Å². The second kappa shape index (κ2) is 12.4. The van der Waals surface area contributed by atoms with Crippen LogP contribution < -0.4 is 16.0 Å². The van der Waals surface area contributed by atoms with Gasteiger partial charge >= 0.3 is 0 Å². The van der Waals surface area contributed by atoms with Crippen molar-refractivity contribution in [3.05, 3.63) is 115 Å². The Kier molecular flexibility index (Phi) is 9.06. The van der Waals surface area contributed by atoms with E-state index in [4.69, 9.17) is 47.0 Å². The lowest BCUT2D eigenvalue weighted by atomic mass is 10.0. The van der Waals surface area contributed by atoms with Crippen LogP contribution in [0.1, 0.15) is 5.56 Å². The molecule has 4 aromatic rings. The molecule has 1 unspecified atom stereocenters. The minimum Gasteiger partial charge on any atom is -0.339 e. The summed E-state index contributed by atoms with van der Waals surface area (Å²) in [5, 5.41) is 8.88. The number of carbonyl (C=O) groups excluding carboxylic acids is 1. The van der Waals surface area contributed by atoms with Crippen molar-refractivity contribution in [3.63, 3.8) is 0 Å². The monoisotopic (exact) mass is 567 g/mol. The molecule has 1 atom stereocenters. The lowest BCUT2D eigenvalue weighted by molar-refractivity contribution is -0.121. The third-order valence-electron chi connectivity index (χ3n) is 5.58. The molecule has 4 nitrogen and oxygen atoms in total. The highest BCUT2D eigenvalue weighted by Crippen LogP contribution is 2.29. The molecule has 0 saturated heterocycles. The van der Waals surface area contributed by atoms with Crippen molar-refractivity contribution in [3.8, 4) is 22.3 Å². The molecule has 0 aliphatic rings. The van der Waals surface area contributed by atoms with Crippen molar-refractivity contribution in [2.75, 3.05) is 5.32 Å². The van der Waals surface area contributed by atoms with Gasteiger partial charge in [0.05, 0.1) is 6.42 Å². The summed E-state index contributed by atoms with van der Waals surface area (Å²) >= 11 is 23.8. The smallest absolute Gasteiger partial charge is 0.228 e. The van der Waals surface area contributed by atoms with Crippen molar-refractivity contribution in [1.29, 1.82) is 0 Å². The van der Waals surface area contributed by atoms with E-state index in [1.807, 2.05) is 109 Å². The van der Waals surface area contributed by atoms with Crippen LogP contribution in [0.15, 0.2) is 109 Å². The molecule has 0 bridgehead atoms. The minimum atomic E-state index is -1.84. The maximum absolute atomic E-state index is 12.7. The zero-order valence-corrected chi connectivity index (χ0v) is 22.7. The van der Waals surface area contributed by atoms with Gasteiger partial charge in [-0.1, -0.05) is 132 Å². The fourth-order valence-corrected chi connectivity index (χ4v) is 4.28. The molecule has 0 heterocycles. The predicted molar refractivity (Wildman–Crippen MR) is 159 cm³/mol. The fourth-order valence-electron chi connectivity index (χ4n) is 3.72. The highest BCUT2D eigenvalue weighted by atomic mass is 35.6. The van der Waals surface area contributed by atoms with Crippen molar-refractivity contribution in [1.82, 2.24) is 10.6 Å². The fraction of sp³-hybridized carbons (Fsp3) is 0.103. The van der Waals surface area contributed by atoms with Crippen LogP contribution in [0.25, 0.3) is 22.3 Å². The Morgan fingerprint density at radius 1 is 0.676 bits per heavy atom.